The summed E-state index contributed by atoms with van der Waals surface area (Å²) in [5, 5.41) is 2.51. The van der Waals surface area contributed by atoms with Crippen molar-refractivity contribution in [3.8, 4) is 17.0 Å². The number of amides is 2. The fourth-order valence-electron chi connectivity index (χ4n) is 5.98. The molecule has 1 unspecified atom stereocenters. The Morgan fingerprint density at radius 1 is 1.18 bits per heavy atom. The second-order valence-corrected chi connectivity index (χ2v) is 13.4. The summed E-state index contributed by atoms with van der Waals surface area (Å²) >= 11 is 6.83. The van der Waals surface area contributed by atoms with Crippen LogP contribution in [-0.4, -0.2) is 95.5 Å². The molecule has 0 saturated carbocycles. The minimum Gasteiger partial charge on any atom is -0.489 e. The molecule has 0 bridgehead atoms. The van der Waals surface area contributed by atoms with Crippen LogP contribution in [0.25, 0.3) is 11.3 Å². The maximum absolute atomic E-state index is 15.1. The molecule has 1 N–H and O–H groups in total. The molecule has 5 rings (SSSR count). The van der Waals surface area contributed by atoms with Gasteiger partial charge in [-0.15, -0.1) is 0 Å². The van der Waals surface area contributed by atoms with E-state index in [1.54, 1.807) is 36.6 Å². The van der Waals surface area contributed by atoms with Crippen molar-refractivity contribution in [3.05, 3.63) is 40.7 Å². The Hall–Kier alpha value is -3.32. The van der Waals surface area contributed by atoms with Gasteiger partial charge in [0.2, 0.25) is 0 Å². The molecule has 2 saturated heterocycles. The van der Waals surface area contributed by atoms with Gasteiger partial charge in [0, 0.05) is 43.3 Å². The monoisotopic (exact) mass is 641 g/mol. The molecule has 1 aromatic carbocycles. The first-order valence-electron chi connectivity index (χ1n) is 14.4. The number of piperazine rings is 1. The lowest BCUT2D eigenvalue weighted by Crippen LogP contribution is -2.58. The average Bonchev–Trinajstić information content (AvgIpc) is 3.14. The molecule has 9 nitrogen and oxygen atoms in total. The lowest BCUT2D eigenvalue weighted by Gasteiger charge is -2.40. The molecular weight excluding hydrogens is 606 g/mol. The molecule has 2 aromatic rings. The second-order valence-electron chi connectivity index (χ2n) is 13.0. The smallest absolute Gasteiger partial charge is 0.410 e. The van der Waals surface area contributed by atoms with Crippen LogP contribution in [0.3, 0.4) is 0 Å². The van der Waals surface area contributed by atoms with E-state index >= 15 is 4.39 Å². The van der Waals surface area contributed by atoms with Crippen molar-refractivity contribution in [2.24, 2.45) is 0 Å². The van der Waals surface area contributed by atoms with Gasteiger partial charge in [0.25, 0.3) is 5.91 Å². The Labute approximate surface area is 258 Å². The maximum atomic E-state index is 15.1. The second kappa shape index (κ2) is 11.6. The third-order valence-electron chi connectivity index (χ3n) is 7.96. The Kier molecular flexibility index (Phi) is 8.43. The summed E-state index contributed by atoms with van der Waals surface area (Å²) in [6, 6.07) is 4.78. The van der Waals surface area contributed by atoms with Crippen LogP contribution in [0.2, 0.25) is 5.02 Å². The Morgan fingerprint density at radius 3 is 2.55 bits per heavy atom. The van der Waals surface area contributed by atoms with E-state index in [2.05, 4.69) is 5.32 Å². The van der Waals surface area contributed by atoms with Crippen LogP contribution >= 0.6 is 11.6 Å². The van der Waals surface area contributed by atoms with Gasteiger partial charge in [-0.3, -0.25) is 4.79 Å². The number of hydrogen-bond donors (Lipinski definition) is 1. The maximum Gasteiger partial charge on any atom is 0.410 e. The SMILES string of the molecule is CC(C)(C)OC(=O)N1CCN2C(=O)c3c(N4CC(NCC(F)(F)F)CC4(C)C)nc(-c4ccccc4F)c(Cl)c3OC[C@H]2C1. The first-order valence-corrected chi connectivity index (χ1v) is 14.8. The predicted molar refractivity (Wildman–Crippen MR) is 157 cm³/mol. The number of carbonyl (C=O) groups excluding carboxylic acids is 2. The van der Waals surface area contributed by atoms with E-state index in [-0.39, 0.29) is 66.2 Å². The van der Waals surface area contributed by atoms with Crippen LogP contribution in [0.1, 0.15) is 51.4 Å². The van der Waals surface area contributed by atoms with Crippen molar-refractivity contribution in [2.75, 3.05) is 44.2 Å². The lowest BCUT2D eigenvalue weighted by molar-refractivity contribution is -0.126. The van der Waals surface area contributed by atoms with Crippen LogP contribution < -0.4 is 15.0 Å². The number of benzene rings is 1. The Bertz CT molecular complexity index is 1450. The normalized spacial score (nSPS) is 21.9. The lowest BCUT2D eigenvalue weighted by atomic mass is 9.99. The van der Waals surface area contributed by atoms with Crippen LogP contribution in [-0.2, 0) is 4.74 Å². The Morgan fingerprint density at radius 2 is 1.89 bits per heavy atom. The summed E-state index contributed by atoms with van der Waals surface area (Å²) in [5.41, 5.74) is -1.27. The topological polar surface area (TPSA) is 87.2 Å². The Balaban J connectivity index is 1.56. The van der Waals surface area contributed by atoms with Crippen molar-refractivity contribution in [1.29, 1.82) is 0 Å². The number of alkyl halides is 3. The van der Waals surface area contributed by atoms with Gasteiger partial charge in [0.1, 0.15) is 34.4 Å². The third-order valence-corrected chi connectivity index (χ3v) is 8.31. The molecule has 3 aliphatic rings. The van der Waals surface area contributed by atoms with E-state index < -0.39 is 53.8 Å². The molecule has 240 valence electrons. The van der Waals surface area contributed by atoms with E-state index in [0.29, 0.717) is 6.42 Å². The summed E-state index contributed by atoms with van der Waals surface area (Å²) in [6.45, 7) is 8.45. The van der Waals surface area contributed by atoms with Gasteiger partial charge in [0.15, 0.2) is 5.75 Å². The minimum atomic E-state index is -4.40. The number of halogens is 5. The van der Waals surface area contributed by atoms with E-state index in [9.17, 15) is 22.8 Å². The van der Waals surface area contributed by atoms with E-state index in [1.165, 1.54) is 23.1 Å². The highest BCUT2D eigenvalue weighted by atomic mass is 35.5. The largest absolute Gasteiger partial charge is 0.489 e. The fourth-order valence-corrected chi connectivity index (χ4v) is 6.27. The molecule has 0 spiro atoms. The summed E-state index contributed by atoms with van der Waals surface area (Å²) in [5.74, 6) is -0.883. The molecule has 0 radical (unpaired) electrons. The molecule has 4 heterocycles. The van der Waals surface area contributed by atoms with Crippen LogP contribution in [0.4, 0.5) is 28.2 Å². The van der Waals surface area contributed by atoms with Crippen LogP contribution in [0.15, 0.2) is 24.3 Å². The number of nitrogens with one attached hydrogen (secondary N) is 1. The number of nitrogens with zero attached hydrogens (tertiary/aromatic N) is 4. The number of rotatable bonds is 4. The van der Waals surface area contributed by atoms with Crippen molar-refractivity contribution in [1.82, 2.24) is 20.1 Å². The molecule has 2 atom stereocenters. The van der Waals surface area contributed by atoms with E-state index in [4.69, 9.17) is 26.1 Å². The van der Waals surface area contributed by atoms with Crippen molar-refractivity contribution >= 4 is 29.4 Å². The van der Waals surface area contributed by atoms with Crippen molar-refractivity contribution < 1.29 is 36.6 Å². The molecule has 44 heavy (non-hydrogen) atoms. The zero-order chi connectivity index (χ0) is 32.2. The van der Waals surface area contributed by atoms with E-state index in [1.807, 2.05) is 13.8 Å². The third kappa shape index (κ3) is 6.53. The number of hydrogen-bond acceptors (Lipinski definition) is 7. The summed E-state index contributed by atoms with van der Waals surface area (Å²) in [4.78, 5) is 36.8. The number of pyridine rings is 1. The van der Waals surface area contributed by atoms with Crippen LogP contribution in [0.5, 0.6) is 5.75 Å². The fraction of sp³-hybridized carbons (Fsp3) is 0.567. The van der Waals surface area contributed by atoms with Gasteiger partial charge >= 0.3 is 12.3 Å². The number of ether oxygens (including phenoxy) is 2. The molecule has 3 aliphatic heterocycles. The standard InChI is InChI=1S/C30H36ClF4N5O4/c1-28(2,3)44-27(42)38-10-11-39-18(14-38)15-43-24-21(26(39)41)25(37-23(22(24)31)19-8-6-7-9-20(19)32)40-13-17(12-29(40,4)5)36-16-30(33,34)35/h6-9,17-18,36H,10-16H2,1-5H3/t17?,18-/m1/s1. The molecule has 1 aromatic heterocycles. The highest BCUT2D eigenvalue weighted by Crippen LogP contribution is 2.46. The quantitative estimate of drug-likeness (QED) is 0.441. The highest BCUT2D eigenvalue weighted by Gasteiger charge is 2.46. The summed E-state index contributed by atoms with van der Waals surface area (Å²) in [7, 11) is 0. The zero-order valence-electron chi connectivity index (χ0n) is 25.2. The molecule has 0 aliphatic carbocycles. The summed E-state index contributed by atoms with van der Waals surface area (Å²) in [6.07, 6.45) is -4.58. The number of anilines is 1. The molecule has 2 amide bonds. The molecule has 2 fully saturated rings. The van der Waals surface area contributed by atoms with E-state index in [0.717, 1.165) is 0 Å². The number of fused-ring (bicyclic) bond motifs is 2. The molecular formula is C30H36ClF4N5O4. The zero-order valence-corrected chi connectivity index (χ0v) is 26.0. The van der Waals surface area contributed by atoms with Crippen LogP contribution in [0, 0.1) is 5.82 Å². The number of aromatic nitrogens is 1. The van der Waals surface area contributed by atoms with Gasteiger partial charge < -0.3 is 29.5 Å². The highest BCUT2D eigenvalue weighted by molar-refractivity contribution is 6.35. The number of carbonyl (C=O) groups is 2. The van der Waals surface area contributed by atoms with Gasteiger partial charge in [0.05, 0.1) is 18.3 Å². The average molecular weight is 642 g/mol. The van der Waals surface area contributed by atoms with Gasteiger partial charge in [-0.25, -0.2) is 14.2 Å². The minimum absolute atomic E-state index is 0.0145. The van der Waals surface area contributed by atoms with Gasteiger partial charge in [-0.2, -0.15) is 13.2 Å². The summed E-state index contributed by atoms with van der Waals surface area (Å²) < 4.78 is 65.9. The predicted octanol–water partition coefficient (Wildman–Crippen LogP) is 5.50. The van der Waals surface area contributed by atoms with Gasteiger partial charge in [-0.05, 0) is 53.2 Å². The van der Waals surface area contributed by atoms with Crippen molar-refractivity contribution in [3.63, 3.8) is 0 Å². The first-order chi connectivity index (χ1) is 20.4. The first kappa shape index (κ1) is 32.1. The van der Waals surface area contributed by atoms with Crippen molar-refractivity contribution in [2.45, 2.75) is 70.4 Å². The molecule has 14 heteroatoms. The van der Waals surface area contributed by atoms with Gasteiger partial charge in [-0.1, -0.05) is 23.7 Å².